The Kier molecular flexibility index (Phi) is 6.76. The number of ether oxygens (including phenoxy) is 1. The van der Waals surface area contributed by atoms with E-state index in [2.05, 4.69) is 44.9 Å². The molecule has 0 aliphatic rings. The maximum absolute atomic E-state index is 13.3. The highest BCUT2D eigenvalue weighted by molar-refractivity contribution is 6.76. The molecule has 0 fully saturated rings. The topological polar surface area (TPSA) is 104 Å². The number of nitrogens with one attached hydrogen (secondary N) is 1. The average molecular weight is 502 g/mol. The van der Waals surface area contributed by atoms with E-state index in [1.54, 1.807) is 22.9 Å². The van der Waals surface area contributed by atoms with Gasteiger partial charge in [0.25, 0.3) is 0 Å². The third kappa shape index (κ3) is 6.14. The minimum Gasteiger partial charge on any atom is -0.384 e. The molecule has 8 nitrogen and oxygen atoms in total. The van der Waals surface area contributed by atoms with Gasteiger partial charge in [0.15, 0.2) is 5.82 Å². The third-order valence-electron chi connectivity index (χ3n) is 5.16. The zero-order valence-electron chi connectivity index (χ0n) is 19.6. The first-order chi connectivity index (χ1) is 16.5. The average Bonchev–Trinajstić information content (AvgIpc) is 3.19. The zero-order valence-corrected chi connectivity index (χ0v) is 20.6. The number of anilines is 3. The summed E-state index contributed by atoms with van der Waals surface area (Å²) in [5, 5.41) is 3.84. The van der Waals surface area contributed by atoms with Crippen molar-refractivity contribution >= 4 is 36.4 Å². The van der Waals surface area contributed by atoms with Crippen LogP contribution in [0.2, 0.25) is 25.7 Å². The van der Waals surface area contributed by atoms with Crippen LogP contribution in [0.15, 0.2) is 48.8 Å². The Bertz CT molecular complexity index is 1330. The first-order valence-corrected chi connectivity index (χ1v) is 14.7. The van der Waals surface area contributed by atoms with E-state index >= 15 is 0 Å². The molecule has 0 aliphatic heterocycles. The molecule has 0 saturated carbocycles. The highest BCUT2D eigenvalue weighted by Gasteiger charge is 2.32. The normalized spacial score (nSPS) is 12.3. The van der Waals surface area contributed by atoms with Gasteiger partial charge in [0.05, 0.1) is 5.39 Å². The number of hydrogen-bond donors (Lipinski definition) is 2. The Morgan fingerprint density at radius 2 is 1.89 bits per heavy atom. The number of alkyl halides is 3. The van der Waals surface area contributed by atoms with Crippen LogP contribution in [0.4, 0.5) is 30.5 Å². The van der Waals surface area contributed by atoms with Crippen LogP contribution < -0.4 is 11.1 Å². The van der Waals surface area contributed by atoms with Gasteiger partial charge in [-0.3, -0.25) is 0 Å². The van der Waals surface area contributed by atoms with E-state index in [1.165, 1.54) is 12.1 Å². The van der Waals surface area contributed by atoms with Gasteiger partial charge in [-0.05, 0) is 30.3 Å². The monoisotopic (exact) mass is 501 g/mol. The quantitative estimate of drug-likeness (QED) is 0.241. The molecule has 0 spiro atoms. The van der Waals surface area contributed by atoms with Gasteiger partial charge in [0, 0.05) is 38.8 Å². The number of nitrogen functional groups attached to an aromatic ring is 1. The fourth-order valence-corrected chi connectivity index (χ4v) is 4.06. The van der Waals surface area contributed by atoms with Crippen LogP contribution in [-0.4, -0.2) is 39.2 Å². The molecule has 0 aliphatic carbocycles. The van der Waals surface area contributed by atoms with E-state index < -0.39 is 19.9 Å². The molecule has 0 saturated heterocycles. The van der Waals surface area contributed by atoms with E-state index in [-0.39, 0.29) is 18.2 Å². The lowest BCUT2D eigenvalue weighted by atomic mass is 10.2. The standard InChI is InChI=1S/C23H26F3N7OSi/c1-35(2,3)12-11-34-14-33-10-8-16-20(29-15-7-9-28-19(27)13-15)31-21(32-22(16)33)17-5-4-6-18(30-17)23(24,25)26/h4-10,13H,11-12,14H2,1-3H3,(H3,27,28,29,31,32). The van der Waals surface area contributed by atoms with Crippen molar-refractivity contribution in [2.24, 2.45) is 0 Å². The predicted molar refractivity (Wildman–Crippen MR) is 132 cm³/mol. The van der Waals surface area contributed by atoms with Gasteiger partial charge < -0.3 is 20.4 Å². The van der Waals surface area contributed by atoms with Crippen LogP contribution in [0.5, 0.6) is 0 Å². The predicted octanol–water partition coefficient (Wildman–Crippen LogP) is 5.55. The smallest absolute Gasteiger partial charge is 0.384 e. The Morgan fingerprint density at radius 1 is 1.09 bits per heavy atom. The molecule has 0 aromatic carbocycles. The Hall–Kier alpha value is -3.51. The molecule has 0 unspecified atom stereocenters. The molecule has 0 bridgehead atoms. The maximum atomic E-state index is 13.3. The van der Waals surface area contributed by atoms with Gasteiger partial charge in [-0.25, -0.2) is 19.9 Å². The Morgan fingerprint density at radius 3 is 2.60 bits per heavy atom. The summed E-state index contributed by atoms with van der Waals surface area (Å²) >= 11 is 0. The van der Waals surface area contributed by atoms with Crippen molar-refractivity contribution in [2.75, 3.05) is 17.7 Å². The Labute approximate surface area is 201 Å². The Balaban J connectivity index is 1.75. The van der Waals surface area contributed by atoms with Crippen molar-refractivity contribution in [3.8, 4) is 11.5 Å². The summed E-state index contributed by atoms with van der Waals surface area (Å²) in [5.74, 6) is 0.763. The van der Waals surface area contributed by atoms with Gasteiger partial charge in [0.1, 0.15) is 35.4 Å². The lowest BCUT2D eigenvalue weighted by Crippen LogP contribution is -2.22. The van der Waals surface area contributed by atoms with Crippen molar-refractivity contribution < 1.29 is 17.9 Å². The molecule has 4 aromatic rings. The number of halogens is 3. The highest BCUT2D eigenvalue weighted by atomic mass is 28.3. The van der Waals surface area contributed by atoms with Crippen molar-refractivity contribution in [2.45, 2.75) is 38.6 Å². The van der Waals surface area contributed by atoms with Crippen molar-refractivity contribution in [1.82, 2.24) is 24.5 Å². The van der Waals surface area contributed by atoms with Crippen molar-refractivity contribution in [3.05, 3.63) is 54.5 Å². The number of nitrogens with zero attached hydrogens (tertiary/aromatic N) is 5. The second-order valence-corrected chi connectivity index (χ2v) is 14.9. The first-order valence-electron chi connectivity index (χ1n) is 11.0. The van der Waals surface area contributed by atoms with Crippen LogP contribution >= 0.6 is 0 Å². The van der Waals surface area contributed by atoms with Crippen LogP contribution in [0.1, 0.15) is 5.69 Å². The maximum Gasteiger partial charge on any atom is 0.433 e. The molecule has 3 N–H and O–H groups in total. The van der Waals surface area contributed by atoms with Gasteiger partial charge >= 0.3 is 6.18 Å². The second-order valence-electron chi connectivity index (χ2n) is 9.27. The zero-order chi connectivity index (χ0) is 25.2. The fraction of sp³-hybridized carbons (Fsp3) is 0.304. The molecule has 12 heteroatoms. The largest absolute Gasteiger partial charge is 0.433 e. The summed E-state index contributed by atoms with van der Waals surface area (Å²) in [5.41, 5.74) is 5.91. The molecule has 4 rings (SSSR count). The molecule has 0 radical (unpaired) electrons. The second kappa shape index (κ2) is 9.62. The number of hydrogen-bond acceptors (Lipinski definition) is 7. The molecular weight excluding hydrogens is 475 g/mol. The van der Waals surface area contributed by atoms with Crippen molar-refractivity contribution in [1.29, 1.82) is 0 Å². The first kappa shape index (κ1) is 24.6. The van der Waals surface area contributed by atoms with E-state index in [4.69, 9.17) is 10.5 Å². The van der Waals surface area contributed by atoms with E-state index in [0.717, 1.165) is 12.1 Å². The lowest BCUT2D eigenvalue weighted by molar-refractivity contribution is -0.141. The van der Waals surface area contributed by atoms with E-state index in [1.807, 2.05) is 12.3 Å². The molecule has 184 valence electrons. The summed E-state index contributed by atoms with van der Waals surface area (Å²) in [6, 6.07) is 9.83. The summed E-state index contributed by atoms with van der Waals surface area (Å²) < 4.78 is 47.5. The SMILES string of the molecule is C[Si](C)(C)CCOCn1ccc2c(Nc3ccnc(N)c3)nc(-c3cccc(C(F)(F)F)n3)nc21. The number of rotatable bonds is 8. The summed E-state index contributed by atoms with van der Waals surface area (Å²) in [6.45, 7) is 7.68. The summed E-state index contributed by atoms with van der Waals surface area (Å²) in [7, 11) is -1.25. The molecule has 0 amide bonds. The van der Waals surface area contributed by atoms with Gasteiger partial charge in [-0.1, -0.05) is 25.7 Å². The van der Waals surface area contributed by atoms with Crippen LogP contribution in [0.3, 0.4) is 0 Å². The minimum absolute atomic E-state index is 0.00594. The van der Waals surface area contributed by atoms with Crippen molar-refractivity contribution in [3.63, 3.8) is 0 Å². The molecule has 4 aromatic heterocycles. The molecular formula is C23H26F3N7OSi. The summed E-state index contributed by atoms with van der Waals surface area (Å²) in [6.07, 6.45) is -1.23. The fourth-order valence-electron chi connectivity index (χ4n) is 3.30. The molecule has 35 heavy (non-hydrogen) atoms. The minimum atomic E-state index is -4.58. The third-order valence-corrected chi connectivity index (χ3v) is 6.86. The van der Waals surface area contributed by atoms with Gasteiger partial charge in [0.2, 0.25) is 0 Å². The summed E-state index contributed by atoms with van der Waals surface area (Å²) in [4.78, 5) is 16.8. The van der Waals surface area contributed by atoms with Crippen LogP contribution in [-0.2, 0) is 17.6 Å². The number of pyridine rings is 2. The number of fused-ring (bicyclic) bond motifs is 1. The van der Waals surface area contributed by atoms with Gasteiger partial charge in [-0.2, -0.15) is 13.2 Å². The lowest BCUT2D eigenvalue weighted by Gasteiger charge is -2.16. The van der Waals surface area contributed by atoms with Crippen LogP contribution in [0, 0.1) is 0 Å². The van der Waals surface area contributed by atoms with E-state index in [0.29, 0.717) is 35.0 Å². The van der Waals surface area contributed by atoms with E-state index in [9.17, 15) is 13.2 Å². The number of nitrogens with two attached hydrogens (primary N) is 1. The van der Waals surface area contributed by atoms with Crippen LogP contribution in [0.25, 0.3) is 22.6 Å². The number of aromatic nitrogens is 5. The molecule has 0 atom stereocenters. The highest BCUT2D eigenvalue weighted by Crippen LogP contribution is 2.31. The van der Waals surface area contributed by atoms with Gasteiger partial charge in [-0.15, -0.1) is 0 Å². The molecule has 4 heterocycles.